The van der Waals surface area contributed by atoms with E-state index >= 15 is 0 Å². The highest BCUT2D eigenvalue weighted by Crippen LogP contribution is 2.15. The molecule has 0 aliphatic rings. The van der Waals surface area contributed by atoms with Crippen molar-refractivity contribution in [2.24, 2.45) is 0 Å². The van der Waals surface area contributed by atoms with E-state index in [-0.39, 0.29) is 0 Å². The van der Waals surface area contributed by atoms with Crippen molar-refractivity contribution in [3.05, 3.63) is 9.47 Å². The first-order valence-electron chi connectivity index (χ1n) is 1.80. The molecule has 0 radical (unpaired) electrons. The van der Waals surface area contributed by atoms with Gasteiger partial charge in [0.05, 0.1) is 3.39 Å². The molecular weight excluding hydrogens is 288 g/mol. The number of alkyl halides is 1. The third-order valence-electron chi connectivity index (χ3n) is 0.356. The Bertz CT molecular complexity index is 71.0. The Morgan fingerprint density at radius 3 is 2.00 bits per heavy atom. The van der Waals surface area contributed by atoms with Gasteiger partial charge in [-0.1, -0.05) is 15.9 Å². The number of halogens is 3. The van der Waals surface area contributed by atoms with Crippen molar-refractivity contribution in [3.63, 3.8) is 0 Å². The maximum Gasteiger partial charge on any atom is 0.0575 e. The smallest absolute Gasteiger partial charge is 0.0575 e. The van der Waals surface area contributed by atoms with Crippen LogP contribution in [-0.2, 0) is 0 Å². The topological polar surface area (TPSA) is 0 Å². The Morgan fingerprint density at radius 1 is 1.57 bits per heavy atom. The van der Waals surface area contributed by atoms with Gasteiger partial charge in [0.2, 0.25) is 0 Å². The summed E-state index contributed by atoms with van der Waals surface area (Å²) in [5.74, 6) is 0. The zero-order valence-electron chi connectivity index (χ0n) is 3.79. The zero-order chi connectivity index (χ0) is 5.86. The normalized spacial score (nSPS) is 13.1. The molecule has 0 bridgehead atoms. The van der Waals surface area contributed by atoms with Crippen LogP contribution in [0.4, 0.5) is 0 Å². The number of allylic oxidation sites excluding steroid dienone is 1. The molecule has 0 nitrogen and oxygen atoms in total. The standard InChI is InChI=1S/C4H5Br3/c1-3(5)2-4(6)7/h2-3H,1H3. The Hall–Kier alpha value is 1.18. The Balaban J connectivity index is 3.45. The van der Waals surface area contributed by atoms with Gasteiger partial charge in [-0.15, -0.1) is 0 Å². The summed E-state index contributed by atoms with van der Waals surface area (Å²) in [5.41, 5.74) is 0. The highest BCUT2D eigenvalue weighted by atomic mass is 79.9. The van der Waals surface area contributed by atoms with Gasteiger partial charge in [0.25, 0.3) is 0 Å². The number of rotatable bonds is 1. The highest BCUT2D eigenvalue weighted by molar-refractivity contribution is 9.28. The molecule has 0 saturated heterocycles. The maximum absolute atomic E-state index is 3.34. The van der Waals surface area contributed by atoms with Gasteiger partial charge in [0.15, 0.2) is 0 Å². The monoisotopic (exact) mass is 290 g/mol. The lowest BCUT2D eigenvalue weighted by molar-refractivity contribution is 1.28. The summed E-state index contributed by atoms with van der Waals surface area (Å²) in [5, 5.41) is 0. The third-order valence-corrected chi connectivity index (χ3v) is 1.15. The van der Waals surface area contributed by atoms with Crippen LogP contribution in [0.25, 0.3) is 0 Å². The van der Waals surface area contributed by atoms with Crippen LogP contribution in [0.2, 0.25) is 0 Å². The second-order valence-electron chi connectivity index (χ2n) is 1.13. The van der Waals surface area contributed by atoms with Crippen LogP contribution >= 0.6 is 47.8 Å². The molecule has 0 saturated carbocycles. The van der Waals surface area contributed by atoms with Crippen LogP contribution in [-0.4, -0.2) is 4.83 Å². The minimum Gasteiger partial charge on any atom is -0.0848 e. The van der Waals surface area contributed by atoms with Crippen molar-refractivity contribution in [2.75, 3.05) is 0 Å². The van der Waals surface area contributed by atoms with E-state index < -0.39 is 0 Å². The van der Waals surface area contributed by atoms with Crippen LogP contribution in [0.15, 0.2) is 9.47 Å². The summed E-state index contributed by atoms with van der Waals surface area (Å²) in [6.45, 7) is 2.04. The summed E-state index contributed by atoms with van der Waals surface area (Å²) in [4.78, 5) is 0.432. The average Bonchev–Trinajstić information content (AvgIpc) is 1.27. The summed E-state index contributed by atoms with van der Waals surface area (Å²) in [6, 6.07) is 0. The van der Waals surface area contributed by atoms with Crippen LogP contribution < -0.4 is 0 Å². The van der Waals surface area contributed by atoms with Gasteiger partial charge in [0, 0.05) is 4.83 Å². The average molecular weight is 293 g/mol. The molecule has 0 aromatic rings. The molecule has 7 heavy (non-hydrogen) atoms. The lowest BCUT2D eigenvalue weighted by atomic mass is 10.5. The number of hydrogen-bond acceptors (Lipinski definition) is 0. The van der Waals surface area contributed by atoms with Crippen molar-refractivity contribution < 1.29 is 0 Å². The summed E-state index contributed by atoms with van der Waals surface area (Å²) < 4.78 is 0.990. The minimum absolute atomic E-state index is 0.432. The molecule has 42 valence electrons. The maximum atomic E-state index is 3.34. The van der Waals surface area contributed by atoms with Crippen molar-refractivity contribution in [3.8, 4) is 0 Å². The predicted octanol–water partition coefficient (Wildman–Crippen LogP) is 3.40. The molecule has 0 rings (SSSR count). The fourth-order valence-electron chi connectivity index (χ4n) is 0.174. The van der Waals surface area contributed by atoms with Gasteiger partial charge >= 0.3 is 0 Å². The summed E-state index contributed by atoms with van der Waals surface area (Å²) in [6.07, 6.45) is 2.00. The first-order chi connectivity index (χ1) is 3.13. The van der Waals surface area contributed by atoms with Gasteiger partial charge in [-0.05, 0) is 44.9 Å². The van der Waals surface area contributed by atoms with Crippen molar-refractivity contribution in [2.45, 2.75) is 11.8 Å². The molecule has 3 heteroatoms. The second kappa shape index (κ2) is 4.10. The van der Waals surface area contributed by atoms with Crippen LogP contribution in [0.1, 0.15) is 6.92 Å². The Kier molecular flexibility index (Phi) is 4.79. The molecule has 1 atom stereocenters. The zero-order valence-corrected chi connectivity index (χ0v) is 8.55. The van der Waals surface area contributed by atoms with Crippen LogP contribution in [0, 0.1) is 0 Å². The third kappa shape index (κ3) is 7.18. The Morgan fingerprint density at radius 2 is 2.00 bits per heavy atom. The molecular formula is C4H5Br3. The van der Waals surface area contributed by atoms with Gasteiger partial charge in [-0.2, -0.15) is 0 Å². The van der Waals surface area contributed by atoms with Crippen LogP contribution in [0.5, 0.6) is 0 Å². The Labute approximate surface area is 68.7 Å². The fraction of sp³-hybridized carbons (Fsp3) is 0.500. The first-order valence-corrected chi connectivity index (χ1v) is 4.30. The lowest BCUT2D eigenvalue weighted by Gasteiger charge is -1.88. The van der Waals surface area contributed by atoms with E-state index in [1.807, 2.05) is 13.0 Å². The molecule has 0 amide bonds. The van der Waals surface area contributed by atoms with Gasteiger partial charge < -0.3 is 0 Å². The van der Waals surface area contributed by atoms with E-state index in [4.69, 9.17) is 0 Å². The highest BCUT2D eigenvalue weighted by Gasteiger charge is 1.87. The summed E-state index contributed by atoms with van der Waals surface area (Å²) >= 11 is 9.78. The molecule has 0 heterocycles. The van der Waals surface area contributed by atoms with E-state index in [1.165, 1.54) is 0 Å². The molecule has 1 unspecified atom stereocenters. The predicted molar refractivity (Wildman–Crippen MR) is 44.3 cm³/mol. The van der Waals surface area contributed by atoms with Gasteiger partial charge in [-0.25, -0.2) is 0 Å². The molecule has 0 fully saturated rings. The van der Waals surface area contributed by atoms with Crippen molar-refractivity contribution in [1.29, 1.82) is 0 Å². The molecule has 0 aliphatic carbocycles. The van der Waals surface area contributed by atoms with E-state index in [1.54, 1.807) is 0 Å². The first kappa shape index (κ1) is 8.18. The quantitative estimate of drug-likeness (QED) is 0.650. The van der Waals surface area contributed by atoms with E-state index in [0.29, 0.717) is 4.83 Å². The van der Waals surface area contributed by atoms with Gasteiger partial charge in [0.1, 0.15) is 0 Å². The molecule has 0 aliphatic heterocycles. The minimum atomic E-state index is 0.432. The SMILES string of the molecule is CC(Br)C=C(Br)Br. The molecule has 0 aromatic heterocycles. The van der Waals surface area contributed by atoms with Gasteiger partial charge in [-0.3, -0.25) is 0 Å². The molecule has 0 spiro atoms. The van der Waals surface area contributed by atoms with E-state index in [2.05, 4.69) is 47.8 Å². The lowest BCUT2D eigenvalue weighted by Crippen LogP contribution is -1.77. The van der Waals surface area contributed by atoms with E-state index in [9.17, 15) is 0 Å². The van der Waals surface area contributed by atoms with Crippen molar-refractivity contribution in [1.82, 2.24) is 0 Å². The molecule has 0 aromatic carbocycles. The largest absolute Gasteiger partial charge is 0.0848 e. The molecule has 0 N–H and O–H groups in total. The number of hydrogen-bond donors (Lipinski definition) is 0. The fourth-order valence-corrected chi connectivity index (χ4v) is 1.94. The second-order valence-corrected chi connectivity index (χ2v) is 5.35. The van der Waals surface area contributed by atoms with Crippen LogP contribution in [0.3, 0.4) is 0 Å². The van der Waals surface area contributed by atoms with Crippen molar-refractivity contribution >= 4 is 47.8 Å². The van der Waals surface area contributed by atoms with E-state index in [0.717, 1.165) is 3.39 Å². The summed E-state index contributed by atoms with van der Waals surface area (Å²) in [7, 11) is 0.